The SMILES string of the molecule is CNCC1CCCN1C(=O)c1cnoc1C. The number of likely N-dealkylation sites (tertiary alicyclic amines) is 1. The van der Waals surface area contributed by atoms with Crippen LogP contribution in [0.5, 0.6) is 0 Å². The van der Waals surface area contributed by atoms with E-state index >= 15 is 0 Å². The van der Waals surface area contributed by atoms with Crippen molar-refractivity contribution >= 4 is 5.91 Å². The maximum absolute atomic E-state index is 12.2. The topological polar surface area (TPSA) is 58.4 Å². The van der Waals surface area contributed by atoms with E-state index in [0.717, 1.165) is 25.9 Å². The number of likely N-dealkylation sites (N-methyl/N-ethyl adjacent to an activating group) is 1. The highest BCUT2D eigenvalue weighted by molar-refractivity contribution is 5.95. The zero-order valence-electron chi connectivity index (χ0n) is 9.69. The fraction of sp³-hybridized carbons (Fsp3) is 0.636. The molecule has 1 aromatic heterocycles. The maximum atomic E-state index is 12.2. The fourth-order valence-corrected chi connectivity index (χ4v) is 2.21. The second-order valence-corrected chi connectivity index (χ2v) is 4.15. The van der Waals surface area contributed by atoms with Gasteiger partial charge in [-0.25, -0.2) is 0 Å². The highest BCUT2D eigenvalue weighted by Crippen LogP contribution is 2.20. The van der Waals surface area contributed by atoms with Gasteiger partial charge in [-0.2, -0.15) is 0 Å². The summed E-state index contributed by atoms with van der Waals surface area (Å²) in [7, 11) is 1.91. The number of aryl methyl sites for hydroxylation is 1. The van der Waals surface area contributed by atoms with Crippen molar-refractivity contribution in [2.75, 3.05) is 20.1 Å². The van der Waals surface area contributed by atoms with Gasteiger partial charge in [-0.3, -0.25) is 4.79 Å². The molecule has 5 heteroatoms. The van der Waals surface area contributed by atoms with E-state index in [2.05, 4.69) is 10.5 Å². The summed E-state index contributed by atoms with van der Waals surface area (Å²) in [5.74, 6) is 0.636. The van der Waals surface area contributed by atoms with Crippen LogP contribution in [0.1, 0.15) is 29.0 Å². The minimum Gasteiger partial charge on any atom is -0.361 e. The van der Waals surface area contributed by atoms with Crippen LogP contribution in [-0.2, 0) is 0 Å². The Bertz CT molecular complexity index is 375. The molecular formula is C11H17N3O2. The van der Waals surface area contributed by atoms with E-state index in [1.54, 1.807) is 6.92 Å². The zero-order chi connectivity index (χ0) is 11.5. The van der Waals surface area contributed by atoms with Crippen LogP contribution in [0.4, 0.5) is 0 Å². The van der Waals surface area contributed by atoms with Gasteiger partial charge in [-0.15, -0.1) is 0 Å². The average molecular weight is 223 g/mol. The Kier molecular flexibility index (Phi) is 3.24. The van der Waals surface area contributed by atoms with Crippen LogP contribution in [0.15, 0.2) is 10.7 Å². The monoisotopic (exact) mass is 223 g/mol. The van der Waals surface area contributed by atoms with E-state index in [4.69, 9.17) is 4.52 Å². The summed E-state index contributed by atoms with van der Waals surface area (Å²) in [6.07, 6.45) is 3.64. The van der Waals surface area contributed by atoms with Crippen molar-refractivity contribution in [1.82, 2.24) is 15.4 Å². The third-order valence-corrected chi connectivity index (χ3v) is 3.06. The van der Waals surface area contributed by atoms with Crippen molar-refractivity contribution in [1.29, 1.82) is 0 Å². The molecule has 1 aliphatic heterocycles. The van der Waals surface area contributed by atoms with Crippen LogP contribution in [0, 0.1) is 6.92 Å². The number of carbonyl (C=O) groups is 1. The van der Waals surface area contributed by atoms with Crippen molar-refractivity contribution in [2.24, 2.45) is 0 Å². The molecule has 2 heterocycles. The molecule has 1 aromatic rings. The Balaban J connectivity index is 2.12. The van der Waals surface area contributed by atoms with Gasteiger partial charge in [0.25, 0.3) is 5.91 Å². The van der Waals surface area contributed by atoms with Gasteiger partial charge in [-0.1, -0.05) is 5.16 Å². The summed E-state index contributed by atoms with van der Waals surface area (Å²) in [4.78, 5) is 14.1. The van der Waals surface area contributed by atoms with Crippen LogP contribution in [0.2, 0.25) is 0 Å². The fourth-order valence-electron chi connectivity index (χ4n) is 2.21. The molecular weight excluding hydrogens is 206 g/mol. The number of hydrogen-bond acceptors (Lipinski definition) is 4. The van der Waals surface area contributed by atoms with Gasteiger partial charge < -0.3 is 14.7 Å². The highest BCUT2D eigenvalue weighted by Gasteiger charge is 2.30. The Morgan fingerprint density at radius 2 is 2.56 bits per heavy atom. The van der Waals surface area contributed by atoms with Crippen LogP contribution < -0.4 is 5.32 Å². The lowest BCUT2D eigenvalue weighted by Gasteiger charge is -2.23. The largest absolute Gasteiger partial charge is 0.361 e. The van der Waals surface area contributed by atoms with E-state index in [-0.39, 0.29) is 5.91 Å². The van der Waals surface area contributed by atoms with E-state index < -0.39 is 0 Å². The first-order valence-corrected chi connectivity index (χ1v) is 5.61. The molecule has 1 fully saturated rings. The number of nitrogens with one attached hydrogen (secondary N) is 1. The quantitative estimate of drug-likeness (QED) is 0.823. The summed E-state index contributed by atoms with van der Waals surface area (Å²) in [6, 6.07) is 0.298. The molecule has 1 unspecified atom stereocenters. The summed E-state index contributed by atoms with van der Waals surface area (Å²) < 4.78 is 4.93. The number of rotatable bonds is 3. The molecule has 0 aliphatic carbocycles. The molecule has 1 amide bonds. The highest BCUT2D eigenvalue weighted by atomic mass is 16.5. The Labute approximate surface area is 94.8 Å². The van der Waals surface area contributed by atoms with Crippen molar-refractivity contribution < 1.29 is 9.32 Å². The van der Waals surface area contributed by atoms with Gasteiger partial charge in [-0.05, 0) is 26.8 Å². The van der Waals surface area contributed by atoms with Gasteiger partial charge in [0, 0.05) is 19.1 Å². The molecule has 1 N–H and O–H groups in total. The van der Waals surface area contributed by atoms with Gasteiger partial charge in [0.2, 0.25) is 0 Å². The Morgan fingerprint density at radius 1 is 1.75 bits per heavy atom. The maximum Gasteiger partial charge on any atom is 0.259 e. The number of hydrogen-bond donors (Lipinski definition) is 1. The van der Waals surface area contributed by atoms with Gasteiger partial charge >= 0.3 is 0 Å². The molecule has 2 rings (SSSR count). The summed E-state index contributed by atoms with van der Waals surface area (Å²) in [6.45, 7) is 3.44. The van der Waals surface area contributed by atoms with Gasteiger partial charge in [0.15, 0.2) is 0 Å². The zero-order valence-corrected chi connectivity index (χ0v) is 9.69. The van der Waals surface area contributed by atoms with Crippen molar-refractivity contribution in [3.8, 4) is 0 Å². The van der Waals surface area contributed by atoms with E-state index in [0.29, 0.717) is 17.4 Å². The van der Waals surface area contributed by atoms with Gasteiger partial charge in [0.05, 0.1) is 6.20 Å². The van der Waals surface area contributed by atoms with Crippen molar-refractivity contribution in [3.05, 3.63) is 17.5 Å². The van der Waals surface area contributed by atoms with Crippen LogP contribution in [0.3, 0.4) is 0 Å². The third kappa shape index (κ3) is 1.95. The van der Waals surface area contributed by atoms with Crippen molar-refractivity contribution in [3.63, 3.8) is 0 Å². The molecule has 1 saturated heterocycles. The lowest BCUT2D eigenvalue weighted by molar-refractivity contribution is 0.0735. The van der Waals surface area contributed by atoms with E-state index in [1.807, 2.05) is 11.9 Å². The van der Waals surface area contributed by atoms with E-state index in [1.165, 1.54) is 6.20 Å². The predicted molar refractivity (Wildman–Crippen MR) is 59.2 cm³/mol. The lowest BCUT2D eigenvalue weighted by Crippen LogP contribution is -2.40. The minimum atomic E-state index is 0.0384. The first-order valence-electron chi connectivity index (χ1n) is 5.61. The minimum absolute atomic E-state index is 0.0384. The predicted octanol–water partition coefficient (Wildman–Crippen LogP) is 0.807. The van der Waals surface area contributed by atoms with Crippen LogP contribution in [0.25, 0.3) is 0 Å². The normalized spacial score (nSPS) is 20.4. The summed E-state index contributed by atoms with van der Waals surface area (Å²) in [5.41, 5.74) is 0.586. The second-order valence-electron chi connectivity index (χ2n) is 4.15. The summed E-state index contributed by atoms with van der Waals surface area (Å²) >= 11 is 0. The molecule has 0 spiro atoms. The van der Waals surface area contributed by atoms with E-state index in [9.17, 15) is 4.79 Å². The number of amides is 1. The standard InChI is InChI=1S/C11H17N3O2/c1-8-10(7-13-16-8)11(15)14-5-3-4-9(14)6-12-2/h7,9,12H,3-6H2,1-2H3. The third-order valence-electron chi connectivity index (χ3n) is 3.06. The van der Waals surface area contributed by atoms with Crippen LogP contribution >= 0.6 is 0 Å². The molecule has 5 nitrogen and oxygen atoms in total. The number of aromatic nitrogens is 1. The Hall–Kier alpha value is -1.36. The average Bonchev–Trinajstić information content (AvgIpc) is 2.87. The lowest BCUT2D eigenvalue weighted by atomic mass is 10.2. The first kappa shape index (κ1) is 11.1. The molecule has 1 atom stereocenters. The number of carbonyl (C=O) groups excluding carboxylic acids is 1. The molecule has 0 bridgehead atoms. The summed E-state index contributed by atoms with van der Waals surface area (Å²) in [5, 5.41) is 6.77. The molecule has 1 aliphatic rings. The molecule has 0 saturated carbocycles. The number of nitrogens with zero attached hydrogens (tertiary/aromatic N) is 2. The molecule has 0 radical (unpaired) electrons. The first-order chi connectivity index (χ1) is 7.74. The second kappa shape index (κ2) is 4.65. The molecule has 16 heavy (non-hydrogen) atoms. The molecule has 0 aromatic carbocycles. The van der Waals surface area contributed by atoms with Gasteiger partial charge in [0.1, 0.15) is 11.3 Å². The molecule has 88 valence electrons. The van der Waals surface area contributed by atoms with Crippen LogP contribution in [-0.4, -0.2) is 42.1 Å². The smallest absolute Gasteiger partial charge is 0.259 e. The Morgan fingerprint density at radius 3 is 3.19 bits per heavy atom. The van der Waals surface area contributed by atoms with Crippen molar-refractivity contribution in [2.45, 2.75) is 25.8 Å².